The number of hydrogen-bond donors (Lipinski definition) is 1. The lowest BCUT2D eigenvalue weighted by molar-refractivity contribution is 0.0955. The number of ether oxygens (including phenoxy) is 2. The second-order valence-electron chi connectivity index (χ2n) is 6.17. The van der Waals surface area contributed by atoms with Gasteiger partial charge in [-0.1, -0.05) is 6.07 Å². The number of carbonyl (C=O) groups excluding carboxylic acids is 1. The van der Waals surface area contributed by atoms with Gasteiger partial charge < -0.3 is 14.8 Å². The van der Waals surface area contributed by atoms with Gasteiger partial charge in [0.05, 0.1) is 25.3 Å². The average molecular weight is 368 g/mol. The molecule has 1 aromatic heterocycles. The van der Waals surface area contributed by atoms with Gasteiger partial charge in [-0.05, 0) is 55.3 Å². The van der Waals surface area contributed by atoms with E-state index in [1.165, 1.54) is 12.1 Å². The molecule has 0 saturated carbocycles. The summed E-state index contributed by atoms with van der Waals surface area (Å²) in [6, 6.07) is 11.6. The Morgan fingerprint density at radius 2 is 1.85 bits per heavy atom. The van der Waals surface area contributed by atoms with Crippen LogP contribution in [0.5, 0.6) is 11.5 Å². The Bertz CT molecular complexity index is 989. The Morgan fingerprint density at radius 3 is 2.59 bits per heavy atom. The van der Waals surface area contributed by atoms with Crippen LogP contribution in [0.15, 0.2) is 42.5 Å². The summed E-state index contributed by atoms with van der Waals surface area (Å²) in [5, 5.41) is 3.40. The Morgan fingerprint density at radius 1 is 1.07 bits per heavy atom. The smallest absolute Gasteiger partial charge is 0.252 e. The highest BCUT2D eigenvalue weighted by Gasteiger charge is 2.13. The monoisotopic (exact) mass is 368 g/mol. The van der Waals surface area contributed by atoms with Crippen molar-refractivity contribution in [2.45, 2.75) is 13.3 Å². The number of methoxy groups -OCH3 is 2. The second kappa shape index (κ2) is 8.03. The summed E-state index contributed by atoms with van der Waals surface area (Å²) in [4.78, 5) is 17.0. The number of aromatic nitrogens is 1. The maximum Gasteiger partial charge on any atom is 0.252 e. The fourth-order valence-corrected chi connectivity index (χ4v) is 2.97. The molecular formula is C21H21FN2O3. The zero-order valence-corrected chi connectivity index (χ0v) is 15.5. The predicted molar refractivity (Wildman–Crippen MR) is 102 cm³/mol. The summed E-state index contributed by atoms with van der Waals surface area (Å²) in [5.74, 6) is 0.655. The first-order valence-electron chi connectivity index (χ1n) is 8.58. The number of rotatable bonds is 6. The lowest BCUT2D eigenvalue weighted by Crippen LogP contribution is -2.26. The van der Waals surface area contributed by atoms with Gasteiger partial charge >= 0.3 is 0 Å². The standard InChI is InChI=1S/C21H21FN2O3/c1-13-10-17(16-12-15(22)5-6-18(16)24-13)21(25)23-9-8-14-4-7-19(26-2)20(11-14)27-3/h4-7,10-12H,8-9H2,1-3H3,(H,23,25). The zero-order valence-electron chi connectivity index (χ0n) is 15.5. The number of halogens is 1. The molecule has 27 heavy (non-hydrogen) atoms. The molecule has 0 bridgehead atoms. The van der Waals surface area contributed by atoms with Crippen molar-refractivity contribution in [2.75, 3.05) is 20.8 Å². The van der Waals surface area contributed by atoms with Crippen LogP contribution in [-0.2, 0) is 6.42 Å². The van der Waals surface area contributed by atoms with Crippen molar-refractivity contribution < 1.29 is 18.7 Å². The van der Waals surface area contributed by atoms with Gasteiger partial charge in [-0.25, -0.2) is 4.39 Å². The Hall–Kier alpha value is -3.15. The van der Waals surface area contributed by atoms with Crippen LogP contribution >= 0.6 is 0 Å². The van der Waals surface area contributed by atoms with Crippen molar-refractivity contribution in [3.05, 3.63) is 65.1 Å². The molecule has 3 aromatic rings. The van der Waals surface area contributed by atoms with Crippen molar-refractivity contribution in [1.82, 2.24) is 10.3 Å². The van der Waals surface area contributed by atoms with Gasteiger partial charge in [0.25, 0.3) is 5.91 Å². The molecule has 1 N–H and O–H groups in total. The van der Waals surface area contributed by atoms with Gasteiger partial charge in [0.1, 0.15) is 5.82 Å². The van der Waals surface area contributed by atoms with Crippen LogP contribution in [0.2, 0.25) is 0 Å². The van der Waals surface area contributed by atoms with Gasteiger partial charge in [-0.15, -0.1) is 0 Å². The zero-order chi connectivity index (χ0) is 19.4. The van der Waals surface area contributed by atoms with E-state index in [1.54, 1.807) is 26.4 Å². The van der Waals surface area contributed by atoms with Gasteiger partial charge in [0.15, 0.2) is 11.5 Å². The van der Waals surface area contributed by atoms with Gasteiger partial charge in [-0.2, -0.15) is 0 Å². The van der Waals surface area contributed by atoms with Crippen LogP contribution in [0.4, 0.5) is 4.39 Å². The lowest BCUT2D eigenvalue weighted by Gasteiger charge is -2.11. The summed E-state index contributed by atoms with van der Waals surface area (Å²) in [6.45, 7) is 2.25. The minimum Gasteiger partial charge on any atom is -0.493 e. The van der Waals surface area contributed by atoms with Crippen LogP contribution in [0.25, 0.3) is 10.9 Å². The topological polar surface area (TPSA) is 60.5 Å². The van der Waals surface area contributed by atoms with Crippen molar-refractivity contribution in [3.8, 4) is 11.5 Å². The molecule has 0 aliphatic heterocycles. The fraction of sp³-hybridized carbons (Fsp3) is 0.238. The molecule has 2 aromatic carbocycles. The SMILES string of the molecule is COc1ccc(CCNC(=O)c2cc(C)nc3ccc(F)cc23)cc1OC. The predicted octanol–water partition coefficient (Wildman–Crippen LogP) is 3.67. The molecule has 1 amide bonds. The minimum atomic E-state index is -0.396. The van der Waals surface area contributed by atoms with E-state index in [1.807, 2.05) is 25.1 Å². The molecule has 140 valence electrons. The Labute approximate surface area is 157 Å². The van der Waals surface area contributed by atoms with Gasteiger partial charge in [0, 0.05) is 17.6 Å². The number of benzene rings is 2. The highest BCUT2D eigenvalue weighted by Crippen LogP contribution is 2.27. The first-order chi connectivity index (χ1) is 13.0. The fourth-order valence-electron chi connectivity index (χ4n) is 2.97. The molecule has 6 heteroatoms. The second-order valence-corrected chi connectivity index (χ2v) is 6.17. The van der Waals surface area contributed by atoms with E-state index in [9.17, 15) is 9.18 Å². The average Bonchev–Trinajstić information content (AvgIpc) is 2.67. The molecule has 0 atom stereocenters. The third-order valence-electron chi connectivity index (χ3n) is 4.29. The van der Waals surface area contributed by atoms with Crippen molar-refractivity contribution >= 4 is 16.8 Å². The first-order valence-corrected chi connectivity index (χ1v) is 8.58. The van der Waals surface area contributed by atoms with E-state index in [-0.39, 0.29) is 5.91 Å². The summed E-state index contributed by atoms with van der Waals surface area (Å²) < 4.78 is 24.1. The van der Waals surface area contributed by atoms with Crippen molar-refractivity contribution in [2.24, 2.45) is 0 Å². The van der Waals surface area contributed by atoms with Crippen LogP contribution in [0, 0.1) is 12.7 Å². The highest BCUT2D eigenvalue weighted by molar-refractivity contribution is 6.06. The first kappa shape index (κ1) is 18.6. The van der Waals surface area contributed by atoms with Crippen LogP contribution < -0.4 is 14.8 Å². The lowest BCUT2D eigenvalue weighted by atomic mass is 10.1. The molecule has 1 heterocycles. The Kier molecular flexibility index (Phi) is 5.54. The summed E-state index contributed by atoms with van der Waals surface area (Å²) in [6.07, 6.45) is 0.627. The van der Waals surface area contributed by atoms with Crippen LogP contribution in [-0.4, -0.2) is 31.7 Å². The van der Waals surface area contributed by atoms with Crippen molar-refractivity contribution in [3.63, 3.8) is 0 Å². The number of nitrogens with zero attached hydrogens (tertiary/aromatic N) is 1. The van der Waals surface area contributed by atoms with Gasteiger partial charge in [0.2, 0.25) is 0 Å². The number of aryl methyl sites for hydroxylation is 1. The van der Waals surface area contributed by atoms with E-state index in [0.29, 0.717) is 46.6 Å². The van der Waals surface area contributed by atoms with Crippen molar-refractivity contribution in [1.29, 1.82) is 0 Å². The number of carbonyl (C=O) groups is 1. The molecule has 3 rings (SSSR count). The van der Waals surface area contributed by atoms with E-state index in [2.05, 4.69) is 10.3 Å². The maximum atomic E-state index is 13.6. The summed E-state index contributed by atoms with van der Waals surface area (Å²) in [7, 11) is 3.17. The molecular weight excluding hydrogens is 347 g/mol. The number of pyridine rings is 1. The number of fused-ring (bicyclic) bond motifs is 1. The molecule has 0 aliphatic carbocycles. The van der Waals surface area contributed by atoms with E-state index < -0.39 is 5.82 Å². The van der Waals surface area contributed by atoms with E-state index in [4.69, 9.17) is 9.47 Å². The van der Waals surface area contributed by atoms with E-state index in [0.717, 1.165) is 5.56 Å². The number of nitrogens with one attached hydrogen (secondary N) is 1. The highest BCUT2D eigenvalue weighted by atomic mass is 19.1. The number of hydrogen-bond acceptors (Lipinski definition) is 4. The molecule has 5 nitrogen and oxygen atoms in total. The van der Waals surface area contributed by atoms with Crippen LogP contribution in [0.3, 0.4) is 0 Å². The molecule has 0 aliphatic rings. The third kappa shape index (κ3) is 4.16. The van der Waals surface area contributed by atoms with Gasteiger partial charge in [-0.3, -0.25) is 9.78 Å². The largest absolute Gasteiger partial charge is 0.493 e. The maximum absolute atomic E-state index is 13.6. The van der Waals surface area contributed by atoms with Crippen LogP contribution in [0.1, 0.15) is 21.6 Å². The molecule has 0 unspecified atom stereocenters. The summed E-state index contributed by atoms with van der Waals surface area (Å²) in [5.41, 5.74) is 2.74. The Balaban J connectivity index is 1.73. The minimum absolute atomic E-state index is 0.253. The molecule has 0 fully saturated rings. The van der Waals surface area contributed by atoms with E-state index >= 15 is 0 Å². The molecule has 0 radical (unpaired) electrons. The quantitative estimate of drug-likeness (QED) is 0.721. The molecule has 0 spiro atoms. The summed E-state index contributed by atoms with van der Waals surface area (Å²) >= 11 is 0. The molecule has 0 saturated heterocycles. The number of amides is 1. The third-order valence-corrected chi connectivity index (χ3v) is 4.29. The normalized spacial score (nSPS) is 10.7.